The highest BCUT2D eigenvalue weighted by molar-refractivity contribution is 14.1. The van der Waals surface area contributed by atoms with Crippen molar-refractivity contribution in [1.29, 1.82) is 0 Å². The van der Waals surface area contributed by atoms with Gasteiger partial charge in [-0.25, -0.2) is 9.69 Å². The van der Waals surface area contributed by atoms with E-state index in [1.165, 1.54) is 6.08 Å². The number of ether oxygens (including phenoxy) is 3. The van der Waals surface area contributed by atoms with E-state index in [2.05, 4.69) is 34.8 Å². The molecule has 1 N–H and O–H groups in total. The molecule has 3 rings (SSSR count). The van der Waals surface area contributed by atoms with Crippen molar-refractivity contribution in [3.63, 3.8) is 0 Å². The van der Waals surface area contributed by atoms with Crippen LogP contribution in [0.1, 0.15) is 32.3 Å². The van der Waals surface area contributed by atoms with E-state index < -0.39 is 17.8 Å². The summed E-state index contributed by atoms with van der Waals surface area (Å²) >= 11 is 2.09. The predicted octanol–water partition coefficient (Wildman–Crippen LogP) is 4.54. The summed E-state index contributed by atoms with van der Waals surface area (Å²) in [6.07, 6.45) is 3.38. The Bertz CT molecular complexity index is 1080. The van der Waals surface area contributed by atoms with Crippen LogP contribution in [0.25, 0.3) is 6.08 Å². The first-order valence-electron chi connectivity index (χ1n) is 10.5. The third-order valence-corrected chi connectivity index (χ3v) is 5.61. The fourth-order valence-corrected chi connectivity index (χ4v) is 4.06. The Labute approximate surface area is 206 Å². The first-order chi connectivity index (χ1) is 15.9. The van der Waals surface area contributed by atoms with Crippen LogP contribution in [0.15, 0.2) is 42.0 Å². The number of imide groups is 2. The van der Waals surface area contributed by atoms with Crippen LogP contribution in [-0.2, 0) is 9.59 Å². The van der Waals surface area contributed by atoms with E-state index in [0.29, 0.717) is 41.7 Å². The second-order valence-corrected chi connectivity index (χ2v) is 8.28. The molecular formula is C24H25IN2O6. The van der Waals surface area contributed by atoms with Crippen molar-refractivity contribution >= 4 is 52.2 Å². The number of amides is 4. The molecule has 0 atom stereocenters. The Morgan fingerprint density at radius 3 is 2.42 bits per heavy atom. The highest BCUT2D eigenvalue weighted by Gasteiger charge is 2.36. The molecule has 0 aliphatic carbocycles. The van der Waals surface area contributed by atoms with Crippen LogP contribution in [-0.4, -0.2) is 38.2 Å². The Hall–Kier alpha value is -3.08. The number of carbonyl (C=O) groups is 3. The molecule has 4 amide bonds. The molecule has 0 bridgehead atoms. The molecule has 1 aliphatic rings. The number of urea groups is 1. The Balaban J connectivity index is 1.91. The first-order valence-corrected chi connectivity index (χ1v) is 11.6. The standard InChI is InChI=1S/C24H25IN2O6/c1-4-6-11-33-17-9-7-16(8-10-17)27-23(29)18(22(28)26-24(27)30)12-15-13-19(25)21(31-3)20(14-15)32-5-2/h7-10,12-14H,4-6,11H2,1-3H3,(H,26,28,30)/b18-12-. The number of barbiturate groups is 1. The van der Waals surface area contributed by atoms with Gasteiger partial charge in [0.1, 0.15) is 11.3 Å². The summed E-state index contributed by atoms with van der Waals surface area (Å²) < 4.78 is 17.4. The Morgan fingerprint density at radius 1 is 1.06 bits per heavy atom. The topological polar surface area (TPSA) is 94.2 Å². The molecule has 0 aromatic heterocycles. The lowest BCUT2D eigenvalue weighted by atomic mass is 10.1. The van der Waals surface area contributed by atoms with Crippen molar-refractivity contribution < 1.29 is 28.6 Å². The third-order valence-electron chi connectivity index (χ3n) is 4.81. The van der Waals surface area contributed by atoms with E-state index in [4.69, 9.17) is 14.2 Å². The Morgan fingerprint density at radius 2 is 1.79 bits per heavy atom. The van der Waals surface area contributed by atoms with Crippen molar-refractivity contribution in [2.45, 2.75) is 26.7 Å². The van der Waals surface area contributed by atoms with Gasteiger partial charge in [0.25, 0.3) is 11.8 Å². The van der Waals surface area contributed by atoms with Gasteiger partial charge < -0.3 is 14.2 Å². The summed E-state index contributed by atoms with van der Waals surface area (Å²) in [7, 11) is 1.54. The number of carbonyl (C=O) groups excluding carboxylic acids is 3. The third kappa shape index (κ3) is 5.65. The number of benzene rings is 2. The molecule has 9 heteroatoms. The van der Waals surface area contributed by atoms with Gasteiger partial charge in [0.05, 0.1) is 29.6 Å². The maximum absolute atomic E-state index is 13.2. The number of nitrogens with zero attached hydrogens (tertiary/aromatic N) is 1. The van der Waals surface area contributed by atoms with Gasteiger partial charge in [0.15, 0.2) is 11.5 Å². The molecule has 1 heterocycles. The van der Waals surface area contributed by atoms with Crippen molar-refractivity contribution in [1.82, 2.24) is 5.32 Å². The summed E-state index contributed by atoms with van der Waals surface area (Å²) in [5, 5.41) is 2.23. The molecule has 0 spiro atoms. The maximum Gasteiger partial charge on any atom is 0.335 e. The molecule has 2 aromatic carbocycles. The summed E-state index contributed by atoms with van der Waals surface area (Å²) in [6, 6.07) is 9.23. The normalized spacial score (nSPS) is 15.0. The molecule has 0 saturated carbocycles. The van der Waals surface area contributed by atoms with Gasteiger partial charge in [-0.3, -0.25) is 14.9 Å². The number of nitrogens with one attached hydrogen (secondary N) is 1. The smallest absolute Gasteiger partial charge is 0.335 e. The average molecular weight is 564 g/mol. The number of methoxy groups -OCH3 is 1. The highest BCUT2D eigenvalue weighted by atomic mass is 127. The number of hydrogen-bond acceptors (Lipinski definition) is 6. The van der Waals surface area contributed by atoms with Gasteiger partial charge in [-0.05, 0) is 84.0 Å². The number of unbranched alkanes of at least 4 members (excludes halogenated alkanes) is 1. The minimum atomic E-state index is -0.805. The van der Waals surface area contributed by atoms with Crippen molar-refractivity contribution in [3.05, 3.63) is 51.1 Å². The number of hydrogen-bond donors (Lipinski definition) is 1. The van der Waals surface area contributed by atoms with E-state index in [9.17, 15) is 14.4 Å². The number of anilines is 1. The van der Waals surface area contributed by atoms with Gasteiger partial charge in [-0.2, -0.15) is 0 Å². The molecule has 1 aliphatic heterocycles. The van der Waals surface area contributed by atoms with Crippen molar-refractivity contribution in [2.24, 2.45) is 0 Å². The molecular weight excluding hydrogens is 539 g/mol. The molecule has 8 nitrogen and oxygen atoms in total. The molecule has 1 saturated heterocycles. The molecule has 174 valence electrons. The summed E-state index contributed by atoms with van der Waals surface area (Å²) in [5.41, 5.74) is 0.732. The van der Waals surface area contributed by atoms with Crippen LogP contribution in [0.5, 0.6) is 17.2 Å². The average Bonchev–Trinajstić information content (AvgIpc) is 2.78. The zero-order chi connectivity index (χ0) is 24.0. The van der Waals surface area contributed by atoms with Gasteiger partial charge in [-0.1, -0.05) is 13.3 Å². The van der Waals surface area contributed by atoms with Crippen LogP contribution >= 0.6 is 22.6 Å². The lowest BCUT2D eigenvalue weighted by molar-refractivity contribution is -0.122. The van der Waals surface area contributed by atoms with Crippen LogP contribution in [0.4, 0.5) is 10.5 Å². The van der Waals surface area contributed by atoms with Crippen molar-refractivity contribution in [2.75, 3.05) is 25.2 Å². The van der Waals surface area contributed by atoms with E-state index in [1.54, 1.807) is 43.5 Å². The van der Waals surface area contributed by atoms with E-state index in [-0.39, 0.29) is 5.57 Å². The van der Waals surface area contributed by atoms with Gasteiger partial charge in [0, 0.05) is 0 Å². The predicted molar refractivity (Wildman–Crippen MR) is 133 cm³/mol. The Kier molecular flexibility index (Phi) is 8.32. The second-order valence-electron chi connectivity index (χ2n) is 7.12. The molecule has 2 aromatic rings. The highest BCUT2D eigenvalue weighted by Crippen LogP contribution is 2.35. The summed E-state index contributed by atoms with van der Waals surface area (Å²) in [6.45, 7) is 4.93. The van der Waals surface area contributed by atoms with E-state index >= 15 is 0 Å². The fraction of sp³-hybridized carbons (Fsp3) is 0.292. The zero-order valence-electron chi connectivity index (χ0n) is 18.6. The maximum atomic E-state index is 13.2. The van der Waals surface area contributed by atoms with Crippen LogP contribution in [0.3, 0.4) is 0 Å². The minimum absolute atomic E-state index is 0.165. The number of halogens is 1. The van der Waals surface area contributed by atoms with Gasteiger partial charge in [0.2, 0.25) is 0 Å². The molecule has 0 radical (unpaired) electrons. The molecule has 1 fully saturated rings. The largest absolute Gasteiger partial charge is 0.494 e. The second kappa shape index (κ2) is 11.2. The van der Waals surface area contributed by atoms with E-state index in [1.807, 2.05) is 6.92 Å². The van der Waals surface area contributed by atoms with Crippen molar-refractivity contribution in [3.8, 4) is 17.2 Å². The SMILES string of the molecule is CCCCOc1ccc(N2C(=O)NC(=O)/C(=C/c3cc(I)c(OC)c(OCC)c3)C2=O)cc1. The fourth-order valence-electron chi connectivity index (χ4n) is 3.22. The van der Waals surface area contributed by atoms with E-state index in [0.717, 1.165) is 21.3 Å². The minimum Gasteiger partial charge on any atom is -0.494 e. The summed E-state index contributed by atoms with van der Waals surface area (Å²) in [5.74, 6) is 0.225. The van der Waals surface area contributed by atoms with Crippen LogP contribution in [0.2, 0.25) is 0 Å². The quantitative estimate of drug-likeness (QED) is 0.208. The summed E-state index contributed by atoms with van der Waals surface area (Å²) in [4.78, 5) is 39.0. The van der Waals surface area contributed by atoms with Crippen LogP contribution < -0.4 is 24.4 Å². The number of rotatable bonds is 9. The molecule has 33 heavy (non-hydrogen) atoms. The van der Waals surface area contributed by atoms with Gasteiger partial charge >= 0.3 is 6.03 Å². The lowest BCUT2D eigenvalue weighted by Crippen LogP contribution is -2.54. The monoisotopic (exact) mass is 564 g/mol. The molecule has 0 unspecified atom stereocenters. The van der Waals surface area contributed by atoms with Gasteiger partial charge in [-0.15, -0.1) is 0 Å². The first kappa shape index (κ1) is 24.6. The van der Waals surface area contributed by atoms with Crippen LogP contribution in [0, 0.1) is 3.57 Å². The lowest BCUT2D eigenvalue weighted by Gasteiger charge is -2.26. The zero-order valence-corrected chi connectivity index (χ0v) is 20.8.